The molecule has 16 heavy (non-hydrogen) atoms. The van der Waals surface area contributed by atoms with Crippen LogP contribution in [-0.4, -0.2) is 45.7 Å². The summed E-state index contributed by atoms with van der Waals surface area (Å²) in [6.45, 7) is 13.8. The summed E-state index contributed by atoms with van der Waals surface area (Å²) in [6.07, 6.45) is 1.21. The van der Waals surface area contributed by atoms with Gasteiger partial charge in [0.05, 0.1) is 5.60 Å². The summed E-state index contributed by atoms with van der Waals surface area (Å²) < 4.78 is 0.401. The molecule has 96 valence electrons. The van der Waals surface area contributed by atoms with Gasteiger partial charge in [-0.1, -0.05) is 27.7 Å². The average molecular weight is 245 g/mol. The minimum Gasteiger partial charge on any atom is -0.389 e. The number of hydrogen-bond acceptors (Lipinski definition) is 3. The van der Waals surface area contributed by atoms with Crippen molar-refractivity contribution < 1.29 is 5.11 Å². The molecule has 2 nitrogen and oxygen atoms in total. The highest BCUT2D eigenvalue weighted by Gasteiger charge is 2.30. The zero-order valence-electron chi connectivity index (χ0n) is 11.4. The SMILES string of the molecule is CC(C)C(C)(O)CN1CCSC(C)(C)CC1. The fraction of sp³-hybridized carbons (Fsp3) is 1.00. The number of aliphatic hydroxyl groups is 1. The van der Waals surface area contributed by atoms with Gasteiger partial charge in [-0.3, -0.25) is 4.90 Å². The van der Waals surface area contributed by atoms with E-state index in [-0.39, 0.29) is 0 Å². The molecule has 1 unspecified atom stereocenters. The minimum absolute atomic E-state index is 0.316. The van der Waals surface area contributed by atoms with Crippen LogP contribution in [0.3, 0.4) is 0 Å². The molecule has 1 fully saturated rings. The smallest absolute Gasteiger partial charge is 0.0768 e. The Morgan fingerprint density at radius 3 is 2.56 bits per heavy atom. The van der Waals surface area contributed by atoms with Gasteiger partial charge in [0.1, 0.15) is 0 Å². The average Bonchev–Trinajstić information content (AvgIpc) is 2.27. The van der Waals surface area contributed by atoms with Crippen molar-refractivity contribution in [3.8, 4) is 0 Å². The molecule has 0 aliphatic carbocycles. The summed E-state index contributed by atoms with van der Waals surface area (Å²) in [4.78, 5) is 2.42. The molecule has 3 heteroatoms. The van der Waals surface area contributed by atoms with E-state index >= 15 is 0 Å². The molecular formula is C13H27NOS. The van der Waals surface area contributed by atoms with Crippen LogP contribution in [0, 0.1) is 5.92 Å². The van der Waals surface area contributed by atoms with Gasteiger partial charge in [0.15, 0.2) is 0 Å². The second-order valence-corrected chi connectivity index (χ2v) is 7.95. The van der Waals surface area contributed by atoms with Crippen LogP contribution >= 0.6 is 11.8 Å². The molecule has 1 saturated heterocycles. The summed E-state index contributed by atoms with van der Waals surface area (Å²) in [5, 5.41) is 10.3. The molecule has 1 rings (SSSR count). The molecular weight excluding hydrogens is 218 g/mol. The zero-order valence-corrected chi connectivity index (χ0v) is 12.2. The van der Waals surface area contributed by atoms with Crippen molar-refractivity contribution in [2.24, 2.45) is 5.92 Å². The quantitative estimate of drug-likeness (QED) is 0.827. The second-order valence-electron chi connectivity index (χ2n) is 6.15. The number of thioether (sulfide) groups is 1. The molecule has 0 radical (unpaired) electrons. The predicted molar refractivity (Wildman–Crippen MR) is 73.1 cm³/mol. The van der Waals surface area contributed by atoms with Gasteiger partial charge >= 0.3 is 0 Å². The Morgan fingerprint density at radius 2 is 2.00 bits per heavy atom. The molecule has 0 aromatic rings. The van der Waals surface area contributed by atoms with Gasteiger partial charge in [-0.15, -0.1) is 0 Å². The molecule has 1 N–H and O–H groups in total. The molecule has 0 saturated carbocycles. The van der Waals surface area contributed by atoms with E-state index in [0.717, 1.165) is 19.6 Å². The molecule has 0 spiro atoms. The number of β-amino-alcohol motifs (C(OH)–C–C–N with tert-alkyl or cyclic N) is 1. The van der Waals surface area contributed by atoms with Crippen LogP contribution in [-0.2, 0) is 0 Å². The van der Waals surface area contributed by atoms with Gasteiger partial charge in [0.25, 0.3) is 0 Å². The minimum atomic E-state index is -0.556. The molecule has 0 amide bonds. The summed E-state index contributed by atoms with van der Waals surface area (Å²) >= 11 is 2.06. The first-order valence-corrected chi connectivity index (χ1v) is 7.30. The summed E-state index contributed by atoms with van der Waals surface area (Å²) in [7, 11) is 0. The van der Waals surface area contributed by atoms with Crippen LogP contribution in [0.4, 0.5) is 0 Å². The Balaban J connectivity index is 2.50. The van der Waals surface area contributed by atoms with Crippen LogP contribution in [0.5, 0.6) is 0 Å². The van der Waals surface area contributed by atoms with Gasteiger partial charge in [0, 0.05) is 23.6 Å². The number of hydrogen-bond donors (Lipinski definition) is 1. The van der Waals surface area contributed by atoms with Crippen molar-refractivity contribution >= 4 is 11.8 Å². The van der Waals surface area contributed by atoms with Crippen LogP contribution < -0.4 is 0 Å². The topological polar surface area (TPSA) is 23.5 Å². The molecule has 0 aromatic heterocycles. The van der Waals surface area contributed by atoms with Gasteiger partial charge in [-0.25, -0.2) is 0 Å². The largest absolute Gasteiger partial charge is 0.389 e. The van der Waals surface area contributed by atoms with Crippen molar-refractivity contribution in [2.45, 2.75) is 51.4 Å². The van der Waals surface area contributed by atoms with Crippen LogP contribution in [0.25, 0.3) is 0 Å². The summed E-state index contributed by atoms with van der Waals surface area (Å²) in [6, 6.07) is 0. The fourth-order valence-corrected chi connectivity index (χ4v) is 2.99. The maximum atomic E-state index is 10.3. The highest BCUT2D eigenvalue weighted by atomic mass is 32.2. The lowest BCUT2D eigenvalue weighted by atomic mass is 9.92. The summed E-state index contributed by atoms with van der Waals surface area (Å²) in [5.41, 5.74) is -0.556. The molecule has 0 aromatic carbocycles. The molecule has 1 heterocycles. The van der Waals surface area contributed by atoms with E-state index in [9.17, 15) is 5.11 Å². The van der Waals surface area contributed by atoms with Crippen molar-refractivity contribution in [3.05, 3.63) is 0 Å². The van der Waals surface area contributed by atoms with E-state index in [4.69, 9.17) is 0 Å². The highest BCUT2D eigenvalue weighted by Crippen LogP contribution is 2.31. The lowest BCUT2D eigenvalue weighted by Gasteiger charge is -2.34. The monoisotopic (exact) mass is 245 g/mol. The Kier molecular flexibility index (Phi) is 4.73. The first-order chi connectivity index (χ1) is 7.23. The van der Waals surface area contributed by atoms with Gasteiger partial charge < -0.3 is 5.11 Å². The molecule has 1 aliphatic heterocycles. The first-order valence-electron chi connectivity index (χ1n) is 6.32. The first kappa shape index (κ1) is 14.3. The maximum absolute atomic E-state index is 10.3. The van der Waals surface area contributed by atoms with Crippen LogP contribution in [0.2, 0.25) is 0 Å². The van der Waals surface area contributed by atoms with E-state index in [1.807, 2.05) is 6.92 Å². The van der Waals surface area contributed by atoms with Crippen LogP contribution in [0.15, 0.2) is 0 Å². The maximum Gasteiger partial charge on any atom is 0.0768 e. The lowest BCUT2D eigenvalue weighted by molar-refractivity contribution is -0.0176. The van der Waals surface area contributed by atoms with Crippen molar-refractivity contribution in [2.75, 3.05) is 25.4 Å². The van der Waals surface area contributed by atoms with Crippen LogP contribution in [0.1, 0.15) is 41.0 Å². The Bertz CT molecular complexity index is 226. The van der Waals surface area contributed by atoms with Gasteiger partial charge in [-0.2, -0.15) is 11.8 Å². The van der Waals surface area contributed by atoms with Crippen molar-refractivity contribution in [1.82, 2.24) is 4.90 Å². The molecule has 1 atom stereocenters. The standard InChI is InChI=1S/C13H27NOS/c1-11(2)13(5,15)10-14-7-6-12(3,4)16-9-8-14/h11,15H,6-10H2,1-5H3. The number of nitrogens with zero attached hydrogens (tertiary/aromatic N) is 1. The van der Waals surface area contributed by atoms with E-state index in [1.165, 1.54) is 12.2 Å². The van der Waals surface area contributed by atoms with Gasteiger partial charge in [0.2, 0.25) is 0 Å². The predicted octanol–water partition coefficient (Wildman–Crippen LogP) is 2.61. The Labute approximate surface area is 105 Å². The third kappa shape index (κ3) is 4.27. The number of rotatable bonds is 3. The third-order valence-corrected chi connectivity index (χ3v) is 5.09. The second kappa shape index (κ2) is 5.28. The zero-order chi connectivity index (χ0) is 12.4. The normalized spacial score (nSPS) is 26.4. The van der Waals surface area contributed by atoms with Crippen molar-refractivity contribution in [3.63, 3.8) is 0 Å². The van der Waals surface area contributed by atoms with Crippen molar-refractivity contribution in [1.29, 1.82) is 0 Å². The van der Waals surface area contributed by atoms with Gasteiger partial charge in [-0.05, 0) is 25.8 Å². The highest BCUT2D eigenvalue weighted by molar-refractivity contribution is 8.00. The summed E-state index contributed by atoms with van der Waals surface area (Å²) in [5.74, 6) is 1.50. The lowest BCUT2D eigenvalue weighted by Crippen LogP contribution is -2.45. The Hall–Kier alpha value is 0.270. The van der Waals surface area contributed by atoms with E-state index < -0.39 is 5.60 Å². The Morgan fingerprint density at radius 1 is 1.38 bits per heavy atom. The molecule has 0 bridgehead atoms. The molecule has 1 aliphatic rings. The fourth-order valence-electron chi connectivity index (χ4n) is 1.86. The van der Waals surface area contributed by atoms with E-state index in [1.54, 1.807) is 0 Å². The van der Waals surface area contributed by atoms with E-state index in [2.05, 4.69) is 44.4 Å². The van der Waals surface area contributed by atoms with E-state index in [0.29, 0.717) is 10.7 Å². The third-order valence-electron chi connectivity index (χ3n) is 3.72.